The molecule has 2 unspecified atom stereocenters. The lowest BCUT2D eigenvalue weighted by molar-refractivity contribution is -0.121. The molecule has 0 saturated carbocycles. The van der Waals surface area contributed by atoms with Crippen molar-refractivity contribution in [1.82, 2.24) is 0 Å². The summed E-state index contributed by atoms with van der Waals surface area (Å²) in [5, 5.41) is 23.7. The van der Waals surface area contributed by atoms with Crippen LogP contribution in [0.1, 0.15) is 22.3 Å². The summed E-state index contributed by atoms with van der Waals surface area (Å²) >= 11 is 11.6. The van der Waals surface area contributed by atoms with Crippen LogP contribution in [-0.2, 0) is 11.2 Å². The molecule has 2 nitrogen and oxygen atoms in total. The largest absolute Gasteiger partial charge is 0.376 e. The summed E-state index contributed by atoms with van der Waals surface area (Å²) in [4.78, 5) is 0. The lowest BCUT2D eigenvalue weighted by atomic mass is 9.65. The van der Waals surface area contributed by atoms with Crippen LogP contribution in [0.2, 0.25) is 10.0 Å². The number of halogens is 12. The SMILES string of the molecule is OC(c1ccc(Cl)cc1)(c1c(F)c(F)c(F)c(F)c1F)C(O)(c1ccc(Cl)cc1)c1c(F)c(F)c(F)c(F)c1F. The van der Waals surface area contributed by atoms with E-state index in [0.29, 0.717) is 24.3 Å². The van der Waals surface area contributed by atoms with Crippen molar-refractivity contribution in [2.75, 3.05) is 0 Å². The highest BCUT2D eigenvalue weighted by molar-refractivity contribution is 6.30. The Morgan fingerprint density at radius 2 is 0.575 bits per heavy atom. The van der Waals surface area contributed by atoms with Crippen molar-refractivity contribution >= 4 is 23.2 Å². The van der Waals surface area contributed by atoms with Crippen LogP contribution in [0.3, 0.4) is 0 Å². The van der Waals surface area contributed by atoms with Crippen molar-refractivity contribution in [3.63, 3.8) is 0 Å². The third-order valence-electron chi connectivity index (χ3n) is 6.19. The van der Waals surface area contributed by atoms with Gasteiger partial charge in [-0.15, -0.1) is 0 Å². The molecule has 2 N–H and O–H groups in total. The molecule has 0 aliphatic rings. The van der Waals surface area contributed by atoms with Crippen LogP contribution in [0.5, 0.6) is 0 Å². The van der Waals surface area contributed by atoms with Gasteiger partial charge in [0.25, 0.3) is 0 Å². The Balaban J connectivity index is 2.35. The van der Waals surface area contributed by atoms with Gasteiger partial charge in [-0.2, -0.15) is 0 Å². The van der Waals surface area contributed by atoms with Crippen LogP contribution >= 0.6 is 23.2 Å². The van der Waals surface area contributed by atoms with Gasteiger partial charge < -0.3 is 10.2 Å². The van der Waals surface area contributed by atoms with E-state index in [0.717, 1.165) is 24.3 Å². The van der Waals surface area contributed by atoms with Crippen molar-refractivity contribution in [1.29, 1.82) is 0 Å². The Kier molecular flexibility index (Phi) is 7.61. The van der Waals surface area contributed by atoms with Gasteiger partial charge in [-0.3, -0.25) is 0 Å². The van der Waals surface area contributed by atoms with Crippen molar-refractivity contribution in [2.45, 2.75) is 11.2 Å². The van der Waals surface area contributed by atoms with Gasteiger partial charge in [0.05, 0.1) is 11.1 Å². The molecule has 14 heteroatoms. The minimum Gasteiger partial charge on any atom is -0.376 e. The Morgan fingerprint density at radius 1 is 0.375 bits per heavy atom. The molecule has 210 valence electrons. The monoisotopic (exact) mass is 614 g/mol. The van der Waals surface area contributed by atoms with Crippen LogP contribution in [0.25, 0.3) is 0 Å². The molecule has 0 aliphatic heterocycles. The highest BCUT2D eigenvalue weighted by Gasteiger charge is 2.60. The van der Waals surface area contributed by atoms with Crippen LogP contribution in [0, 0.1) is 58.2 Å². The smallest absolute Gasteiger partial charge is 0.200 e. The first kappa shape index (κ1) is 29.7. The number of hydrogen-bond donors (Lipinski definition) is 2. The highest BCUT2D eigenvalue weighted by Crippen LogP contribution is 2.53. The maximum absolute atomic E-state index is 15.3. The van der Waals surface area contributed by atoms with E-state index in [1.165, 1.54) is 0 Å². The molecular weight excluding hydrogens is 605 g/mol. The minimum atomic E-state index is -4.23. The van der Waals surface area contributed by atoms with Gasteiger partial charge in [0.2, 0.25) is 11.6 Å². The van der Waals surface area contributed by atoms with E-state index < -0.39 is 91.6 Å². The molecule has 0 spiro atoms. The second-order valence-corrected chi connectivity index (χ2v) is 9.20. The van der Waals surface area contributed by atoms with Gasteiger partial charge in [0, 0.05) is 10.0 Å². The zero-order chi connectivity index (χ0) is 29.9. The zero-order valence-electron chi connectivity index (χ0n) is 19.0. The topological polar surface area (TPSA) is 40.5 Å². The maximum atomic E-state index is 15.3. The fourth-order valence-corrected chi connectivity index (χ4v) is 4.55. The normalized spacial score (nSPS) is 14.7. The molecule has 2 atom stereocenters. The van der Waals surface area contributed by atoms with Gasteiger partial charge in [-0.05, 0) is 35.4 Å². The molecule has 0 radical (unpaired) electrons. The number of aliphatic hydroxyl groups is 2. The van der Waals surface area contributed by atoms with E-state index >= 15 is 17.6 Å². The van der Waals surface area contributed by atoms with Gasteiger partial charge in [-0.1, -0.05) is 47.5 Å². The molecule has 0 saturated heterocycles. The maximum Gasteiger partial charge on any atom is 0.200 e. The molecule has 4 aromatic rings. The van der Waals surface area contributed by atoms with E-state index in [9.17, 15) is 36.6 Å². The molecule has 0 aliphatic carbocycles. The fraction of sp³-hybridized carbons (Fsp3) is 0.0769. The van der Waals surface area contributed by atoms with Crippen molar-refractivity contribution in [3.05, 3.63) is 139 Å². The summed E-state index contributed by atoms with van der Waals surface area (Å²) in [7, 11) is 0. The molecule has 0 amide bonds. The van der Waals surface area contributed by atoms with E-state index in [1.807, 2.05) is 0 Å². The standard InChI is InChI=1S/C26H10Cl2F10O2/c27-11-5-1-9(2-6-11)25(39,13-15(29)19(33)23(37)20(34)16(13)30)26(40,10-3-7-12(28)8-4-10)14-17(31)21(35)24(38)22(36)18(14)32/h1-8,39-40H. The third-order valence-corrected chi connectivity index (χ3v) is 6.69. The van der Waals surface area contributed by atoms with Crippen molar-refractivity contribution < 1.29 is 54.1 Å². The van der Waals surface area contributed by atoms with Crippen LogP contribution < -0.4 is 0 Å². The van der Waals surface area contributed by atoms with Gasteiger partial charge in [-0.25, -0.2) is 43.9 Å². The second-order valence-electron chi connectivity index (χ2n) is 8.32. The molecular formula is C26H10Cl2F10O2. The lowest BCUT2D eigenvalue weighted by Gasteiger charge is -2.45. The summed E-state index contributed by atoms with van der Waals surface area (Å²) in [6, 6.07) is 6.06. The second kappa shape index (κ2) is 10.3. The van der Waals surface area contributed by atoms with Gasteiger partial charge in [0.15, 0.2) is 57.7 Å². The van der Waals surface area contributed by atoms with E-state index in [4.69, 9.17) is 23.2 Å². The molecule has 0 bridgehead atoms. The molecule has 4 rings (SSSR count). The fourth-order valence-electron chi connectivity index (χ4n) is 4.30. The third kappa shape index (κ3) is 4.12. The first-order valence-corrected chi connectivity index (χ1v) is 11.4. The summed E-state index contributed by atoms with van der Waals surface area (Å²) in [6.45, 7) is 0. The Morgan fingerprint density at radius 3 is 0.800 bits per heavy atom. The predicted octanol–water partition coefficient (Wildman–Crippen LogP) is 7.56. The summed E-state index contributed by atoms with van der Waals surface area (Å²) in [5.74, 6) is -27.3. The lowest BCUT2D eigenvalue weighted by Crippen LogP contribution is -2.53. The average molecular weight is 615 g/mol. The van der Waals surface area contributed by atoms with Crippen LogP contribution in [-0.4, -0.2) is 10.2 Å². The van der Waals surface area contributed by atoms with Gasteiger partial charge >= 0.3 is 0 Å². The number of rotatable bonds is 5. The quantitative estimate of drug-likeness (QED) is 0.138. The Labute approximate surface area is 227 Å². The number of hydrogen-bond acceptors (Lipinski definition) is 2. The molecule has 4 aromatic carbocycles. The minimum absolute atomic E-state index is 0.158. The Hall–Kier alpha value is -3.32. The molecule has 40 heavy (non-hydrogen) atoms. The van der Waals surface area contributed by atoms with Crippen LogP contribution in [0.15, 0.2) is 48.5 Å². The first-order valence-electron chi connectivity index (χ1n) is 10.6. The van der Waals surface area contributed by atoms with Gasteiger partial charge in [0.1, 0.15) is 0 Å². The van der Waals surface area contributed by atoms with E-state index in [-0.39, 0.29) is 10.0 Å². The molecule has 0 aromatic heterocycles. The Bertz CT molecular complexity index is 1470. The molecule has 0 heterocycles. The highest BCUT2D eigenvalue weighted by atomic mass is 35.5. The van der Waals surface area contributed by atoms with Crippen LogP contribution in [0.4, 0.5) is 43.9 Å². The van der Waals surface area contributed by atoms with Crippen molar-refractivity contribution in [3.8, 4) is 0 Å². The predicted molar refractivity (Wildman–Crippen MR) is 121 cm³/mol. The zero-order valence-corrected chi connectivity index (χ0v) is 20.6. The van der Waals surface area contributed by atoms with E-state index in [2.05, 4.69) is 0 Å². The van der Waals surface area contributed by atoms with E-state index in [1.54, 1.807) is 0 Å². The average Bonchev–Trinajstić information content (AvgIpc) is 2.93. The number of benzene rings is 4. The van der Waals surface area contributed by atoms with Crippen molar-refractivity contribution in [2.24, 2.45) is 0 Å². The first-order chi connectivity index (χ1) is 18.6. The molecule has 0 fully saturated rings. The summed E-state index contributed by atoms with van der Waals surface area (Å²) in [5.41, 5.74) is -15.2. The summed E-state index contributed by atoms with van der Waals surface area (Å²) < 4.78 is 147. The summed E-state index contributed by atoms with van der Waals surface area (Å²) in [6.07, 6.45) is 0.